The molecule has 0 spiro atoms. The van der Waals surface area contributed by atoms with Crippen molar-refractivity contribution in [1.82, 2.24) is 9.97 Å². The van der Waals surface area contributed by atoms with Gasteiger partial charge in [-0.3, -0.25) is 5.32 Å². The van der Waals surface area contributed by atoms with Crippen LogP contribution in [0.3, 0.4) is 0 Å². The predicted octanol–water partition coefficient (Wildman–Crippen LogP) is 5.67. The Morgan fingerprint density at radius 3 is 2.69 bits per heavy atom. The van der Waals surface area contributed by atoms with Gasteiger partial charge in [0.25, 0.3) is 0 Å². The number of rotatable bonds is 3. The van der Waals surface area contributed by atoms with E-state index in [9.17, 15) is 13.2 Å². The van der Waals surface area contributed by atoms with Crippen molar-refractivity contribution in [2.75, 3.05) is 5.32 Å². The van der Waals surface area contributed by atoms with Gasteiger partial charge >= 0.3 is 12.4 Å². The molecule has 0 unspecified atom stereocenters. The quantitative estimate of drug-likeness (QED) is 0.497. The maximum absolute atomic E-state index is 12.3. The number of nitrogens with one attached hydrogen (secondary N) is 1. The zero-order valence-corrected chi connectivity index (χ0v) is 13.6. The molecule has 0 atom stereocenters. The second-order valence-electron chi connectivity index (χ2n) is 5.33. The molecule has 4 rings (SSSR count). The molecule has 0 saturated carbocycles. The minimum absolute atomic E-state index is 0.0862. The van der Waals surface area contributed by atoms with Crippen molar-refractivity contribution in [2.45, 2.75) is 6.36 Å². The Morgan fingerprint density at radius 1 is 1.04 bits per heavy atom. The van der Waals surface area contributed by atoms with E-state index in [1.165, 1.54) is 6.07 Å². The molecular weight excluding hydrogens is 371 g/mol. The van der Waals surface area contributed by atoms with E-state index in [1.54, 1.807) is 12.1 Å². The van der Waals surface area contributed by atoms with Gasteiger partial charge in [0.1, 0.15) is 17.1 Å². The maximum atomic E-state index is 12.3. The Morgan fingerprint density at radius 2 is 1.88 bits per heavy atom. The van der Waals surface area contributed by atoms with Gasteiger partial charge in [0, 0.05) is 11.5 Å². The second-order valence-corrected chi connectivity index (χ2v) is 5.74. The van der Waals surface area contributed by atoms with Crippen molar-refractivity contribution in [3.05, 3.63) is 53.6 Å². The number of anilines is 2. The summed E-state index contributed by atoms with van der Waals surface area (Å²) in [6.07, 6.45) is -4.77. The highest BCUT2D eigenvalue weighted by Gasteiger charge is 2.31. The van der Waals surface area contributed by atoms with E-state index in [-0.39, 0.29) is 17.3 Å². The number of para-hydroxylation sites is 1. The van der Waals surface area contributed by atoms with E-state index in [0.717, 1.165) is 17.5 Å². The molecule has 0 fully saturated rings. The molecule has 0 amide bonds. The number of aromatic nitrogens is 2. The van der Waals surface area contributed by atoms with Crippen LogP contribution in [-0.2, 0) is 0 Å². The fourth-order valence-electron chi connectivity index (χ4n) is 2.45. The van der Waals surface area contributed by atoms with Crippen molar-refractivity contribution in [1.29, 1.82) is 0 Å². The molecule has 0 aliphatic heterocycles. The normalized spacial score (nSPS) is 11.8. The van der Waals surface area contributed by atoms with E-state index in [1.807, 2.05) is 18.2 Å². The molecule has 0 radical (unpaired) electrons. The summed E-state index contributed by atoms with van der Waals surface area (Å²) < 4.78 is 46.2. The molecule has 2 heterocycles. The number of benzene rings is 2. The van der Waals surface area contributed by atoms with Crippen molar-refractivity contribution in [3.63, 3.8) is 0 Å². The zero-order chi connectivity index (χ0) is 18.3. The third-order valence-electron chi connectivity index (χ3n) is 3.50. The predicted molar refractivity (Wildman–Crippen MR) is 90.7 cm³/mol. The van der Waals surface area contributed by atoms with Gasteiger partial charge in [-0.1, -0.05) is 23.7 Å². The molecule has 2 aromatic heterocycles. The molecule has 132 valence electrons. The van der Waals surface area contributed by atoms with Gasteiger partial charge in [0.2, 0.25) is 0 Å². The Labute approximate surface area is 149 Å². The van der Waals surface area contributed by atoms with E-state index in [2.05, 4.69) is 20.0 Å². The Hall–Kier alpha value is -3.00. The van der Waals surface area contributed by atoms with Gasteiger partial charge in [-0.05, 0) is 30.3 Å². The van der Waals surface area contributed by atoms with Crippen LogP contribution in [0.1, 0.15) is 0 Å². The van der Waals surface area contributed by atoms with Crippen molar-refractivity contribution in [3.8, 4) is 5.75 Å². The number of halogens is 4. The van der Waals surface area contributed by atoms with Gasteiger partial charge in [0.15, 0.2) is 5.58 Å². The van der Waals surface area contributed by atoms with Crippen molar-refractivity contribution >= 4 is 45.4 Å². The number of alkyl halides is 3. The lowest BCUT2D eigenvalue weighted by molar-refractivity contribution is -0.274. The number of nitrogens with zero attached hydrogens (tertiary/aromatic N) is 2. The molecule has 0 aliphatic rings. The average molecular weight is 380 g/mol. The smallest absolute Gasteiger partial charge is 0.423 e. The first kappa shape index (κ1) is 16.5. The monoisotopic (exact) mass is 379 g/mol. The first-order valence-electron chi connectivity index (χ1n) is 7.36. The lowest BCUT2D eigenvalue weighted by Gasteiger charge is -2.07. The summed E-state index contributed by atoms with van der Waals surface area (Å²) in [5, 5.41) is 4.24. The van der Waals surface area contributed by atoms with Crippen LogP contribution < -0.4 is 10.1 Å². The molecule has 4 aromatic rings. The summed E-state index contributed by atoms with van der Waals surface area (Å²) in [7, 11) is 0. The minimum Gasteiger partial charge on any atom is -0.423 e. The fourth-order valence-corrected chi connectivity index (χ4v) is 2.67. The van der Waals surface area contributed by atoms with Crippen LogP contribution in [-0.4, -0.2) is 16.3 Å². The van der Waals surface area contributed by atoms with Crippen LogP contribution >= 0.6 is 11.6 Å². The number of pyridine rings is 1. The van der Waals surface area contributed by atoms with Crippen LogP contribution in [0.4, 0.5) is 25.0 Å². The molecule has 0 saturated heterocycles. The molecule has 26 heavy (non-hydrogen) atoms. The van der Waals surface area contributed by atoms with E-state index in [0.29, 0.717) is 21.9 Å². The lowest BCUT2D eigenvalue weighted by atomic mass is 10.2. The van der Waals surface area contributed by atoms with Crippen molar-refractivity contribution < 1.29 is 22.3 Å². The third kappa shape index (κ3) is 3.36. The maximum Gasteiger partial charge on any atom is 0.573 e. The van der Waals surface area contributed by atoms with Gasteiger partial charge in [-0.2, -0.15) is 4.98 Å². The highest BCUT2D eigenvalue weighted by atomic mass is 35.5. The summed E-state index contributed by atoms with van der Waals surface area (Å²) in [6, 6.07) is 12.7. The summed E-state index contributed by atoms with van der Waals surface area (Å²) in [5.41, 5.74) is 1.13. The zero-order valence-electron chi connectivity index (χ0n) is 12.8. The largest absolute Gasteiger partial charge is 0.573 e. The molecule has 2 aromatic carbocycles. The molecule has 9 heteroatoms. The van der Waals surface area contributed by atoms with Crippen LogP contribution in [0, 0.1) is 0 Å². The molecule has 5 nitrogen and oxygen atoms in total. The highest BCUT2D eigenvalue weighted by Crippen LogP contribution is 2.29. The molecule has 0 bridgehead atoms. The van der Waals surface area contributed by atoms with E-state index in [4.69, 9.17) is 16.0 Å². The third-order valence-corrected chi connectivity index (χ3v) is 3.80. The van der Waals surface area contributed by atoms with Crippen molar-refractivity contribution in [2.24, 2.45) is 0 Å². The van der Waals surface area contributed by atoms with E-state index >= 15 is 0 Å². The van der Waals surface area contributed by atoms with Gasteiger partial charge in [-0.25, -0.2) is 4.98 Å². The molecular formula is C17H9ClF3N3O2. The Bertz CT molecular complexity index is 1110. The summed E-state index contributed by atoms with van der Waals surface area (Å²) in [6.45, 7) is 0. The average Bonchev–Trinajstić information content (AvgIpc) is 2.95. The first-order chi connectivity index (χ1) is 12.4. The van der Waals surface area contributed by atoms with E-state index < -0.39 is 6.36 Å². The number of fused-ring (bicyclic) bond motifs is 2. The summed E-state index contributed by atoms with van der Waals surface area (Å²) >= 11 is 6.13. The number of oxazole rings is 1. The second kappa shape index (κ2) is 6.06. The van der Waals surface area contributed by atoms with Crippen LogP contribution in [0.25, 0.3) is 22.0 Å². The Balaban J connectivity index is 1.64. The highest BCUT2D eigenvalue weighted by molar-refractivity contribution is 6.35. The first-order valence-corrected chi connectivity index (χ1v) is 7.74. The topological polar surface area (TPSA) is 60.2 Å². The fraction of sp³-hybridized carbons (Fsp3) is 0.0588. The SMILES string of the molecule is FC(F)(F)Oc1ccc2nc(Nc3ccc4cccc(Cl)c4n3)oc2c1. The number of hydrogen-bond acceptors (Lipinski definition) is 5. The van der Waals surface area contributed by atoms with Crippen LogP contribution in [0.5, 0.6) is 5.75 Å². The van der Waals surface area contributed by atoms with Crippen LogP contribution in [0.15, 0.2) is 52.9 Å². The van der Waals surface area contributed by atoms with Gasteiger partial charge < -0.3 is 9.15 Å². The lowest BCUT2D eigenvalue weighted by Crippen LogP contribution is -2.16. The standard InChI is InChI=1S/C17H9ClF3N3O2/c18-11-3-1-2-9-4-7-14(23-15(9)11)24-16-22-12-6-5-10(8-13(12)25-16)26-17(19,20)21/h1-8H,(H,22,23,24). The number of hydrogen-bond donors (Lipinski definition) is 1. The summed E-state index contributed by atoms with van der Waals surface area (Å²) in [4.78, 5) is 8.55. The minimum atomic E-state index is -4.77. The van der Waals surface area contributed by atoms with Crippen LogP contribution in [0.2, 0.25) is 5.02 Å². The molecule has 0 aliphatic carbocycles. The van der Waals surface area contributed by atoms with Gasteiger partial charge in [0.05, 0.1) is 10.5 Å². The summed E-state index contributed by atoms with van der Waals surface area (Å²) in [5.74, 6) is 0.0484. The Kier molecular flexibility index (Phi) is 3.84. The van der Waals surface area contributed by atoms with Gasteiger partial charge in [-0.15, -0.1) is 13.2 Å². The number of ether oxygens (including phenoxy) is 1. The molecule has 1 N–H and O–H groups in total.